The number of amides is 2. The van der Waals surface area contributed by atoms with Gasteiger partial charge in [-0.15, -0.1) is 0 Å². The standard InChI is InChI=1S/C21H17N3O2S/c1-14-7-2-3-9-16(14)23-19(25)13-24-17-10-4-5-11-18(17)27-20-15(21(24)26)8-6-12-22-20/h2-12H,13H2,1H3,(H,23,25). The van der Waals surface area contributed by atoms with Gasteiger partial charge in [-0.05, 0) is 42.8 Å². The third kappa shape index (κ3) is 3.44. The predicted octanol–water partition coefficient (Wildman–Crippen LogP) is 4.14. The number of aryl methyl sites for hydroxylation is 1. The van der Waals surface area contributed by atoms with E-state index < -0.39 is 0 Å². The van der Waals surface area contributed by atoms with E-state index in [2.05, 4.69) is 10.3 Å². The second-order valence-corrected chi connectivity index (χ2v) is 7.21. The van der Waals surface area contributed by atoms with Gasteiger partial charge >= 0.3 is 0 Å². The van der Waals surface area contributed by atoms with E-state index in [0.717, 1.165) is 16.1 Å². The molecule has 0 atom stereocenters. The summed E-state index contributed by atoms with van der Waals surface area (Å²) in [4.78, 5) is 32.6. The number of aromatic nitrogens is 1. The summed E-state index contributed by atoms with van der Waals surface area (Å²) in [6, 6.07) is 18.6. The van der Waals surface area contributed by atoms with Crippen molar-refractivity contribution in [3.05, 3.63) is 78.0 Å². The molecule has 134 valence electrons. The molecule has 0 bridgehead atoms. The molecule has 0 radical (unpaired) electrons. The third-order valence-electron chi connectivity index (χ3n) is 4.33. The minimum atomic E-state index is -0.246. The van der Waals surface area contributed by atoms with Gasteiger partial charge in [0.15, 0.2) is 0 Å². The summed E-state index contributed by atoms with van der Waals surface area (Å²) in [5.74, 6) is -0.472. The number of nitrogens with zero attached hydrogens (tertiary/aromatic N) is 2. The highest BCUT2D eigenvalue weighted by Gasteiger charge is 2.29. The van der Waals surface area contributed by atoms with Crippen LogP contribution >= 0.6 is 11.8 Å². The van der Waals surface area contributed by atoms with Crippen molar-refractivity contribution in [2.24, 2.45) is 0 Å². The van der Waals surface area contributed by atoms with Crippen LogP contribution in [0.3, 0.4) is 0 Å². The Hall–Kier alpha value is -3.12. The molecule has 2 aromatic carbocycles. The van der Waals surface area contributed by atoms with Crippen molar-refractivity contribution in [3.8, 4) is 0 Å². The first kappa shape index (κ1) is 17.3. The summed E-state index contributed by atoms with van der Waals surface area (Å²) < 4.78 is 0. The Labute approximate surface area is 161 Å². The first-order valence-electron chi connectivity index (χ1n) is 8.53. The molecule has 6 heteroatoms. The number of carbonyl (C=O) groups is 2. The molecular weight excluding hydrogens is 358 g/mol. The number of nitrogens with one attached hydrogen (secondary N) is 1. The van der Waals surface area contributed by atoms with Gasteiger partial charge in [0, 0.05) is 16.8 Å². The van der Waals surface area contributed by atoms with Crippen LogP contribution in [0.4, 0.5) is 11.4 Å². The van der Waals surface area contributed by atoms with Gasteiger partial charge in [0.25, 0.3) is 5.91 Å². The van der Waals surface area contributed by atoms with E-state index >= 15 is 0 Å². The fourth-order valence-electron chi connectivity index (χ4n) is 2.96. The first-order valence-corrected chi connectivity index (χ1v) is 9.34. The lowest BCUT2D eigenvalue weighted by molar-refractivity contribution is -0.114. The highest BCUT2D eigenvalue weighted by atomic mass is 32.2. The number of fused-ring (bicyclic) bond motifs is 2. The number of carbonyl (C=O) groups excluding carboxylic acids is 2. The van der Waals surface area contributed by atoms with Crippen LogP contribution in [0.25, 0.3) is 0 Å². The number of hydrogen-bond acceptors (Lipinski definition) is 4. The van der Waals surface area contributed by atoms with Crippen molar-refractivity contribution in [2.45, 2.75) is 16.8 Å². The molecule has 2 amide bonds. The summed E-state index contributed by atoms with van der Waals surface area (Å²) in [5, 5.41) is 3.55. The van der Waals surface area contributed by atoms with Crippen LogP contribution in [0.2, 0.25) is 0 Å². The topological polar surface area (TPSA) is 62.3 Å². The maximum atomic E-state index is 13.1. The van der Waals surface area contributed by atoms with Crippen LogP contribution in [-0.2, 0) is 4.79 Å². The van der Waals surface area contributed by atoms with Gasteiger partial charge in [-0.1, -0.05) is 42.1 Å². The third-order valence-corrected chi connectivity index (χ3v) is 5.41. The highest BCUT2D eigenvalue weighted by molar-refractivity contribution is 7.99. The molecule has 0 aliphatic carbocycles. The molecule has 0 fully saturated rings. The van der Waals surface area contributed by atoms with E-state index in [9.17, 15) is 9.59 Å². The summed E-state index contributed by atoms with van der Waals surface area (Å²) in [5.41, 5.74) is 2.93. The summed E-state index contributed by atoms with van der Waals surface area (Å²) in [7, 11) is 0. The van der Waals surface area contributed by atoms with E-state index in [0.29, 0.717) is 16.3 Å². The average Bonchev–Trinajstić information content (AvgIpc) is 2.79. The highest BCUT2D eigenvalue weighted by Crippen LogP contribution is 2.39. The molecule has 0 saturated heterocycles. The smallest absolute Gasteiger partial charge is 0.261 e. The Balaban J connectivity index is 1.67. The van der Waals surface area contributed by atoms with Crippen LogP contribution in [0.5, 0.6) is 0 Å². The monoisotopic (exact) mass is 375 g/mol. The van der Waals surface area contributed by atoms with Crippen LogP contribution in [0.15, 0.2) is 76.8 Å². The lowest BCUT2D eigenvalue weighted by atomic mass is 10.2. The van der Waals surface area contributed by atoms with E-state index in [1.807, 2.05) is 55.5 Å². The maximum Gasteiger partial charge on any atom is 0.261 e. The molecule has 0 spiro atoms. The van der Waals surface area contributed by atoms with Crippen LogP contribution in [-0.4, -0.2) is 23.3 Å². The lowest BCUT2D eigenvalue weighted by Crippen LogP contribution is -2.38. The zero-order valence-electron chi connectivity index (χ0n) is 14.7. The molecule has 1 aliphatic heterocycles. The quantitative estimate of drug-likeness (QED) is 0.747. The summed E-state index contributed by atoms with van der Waals surface area (Å²) in [6.07, 6.45) is 1.67. The normalized spacial score (nSPS) is 12.8. The second-order valence-electron chi connectivity index (χ2n) is 6.18. The number of rotatable bonds is 3. The number of anilines is 2. The fourth-order valence-corrected chi connectivity index (χ4v) is 3.98. The van der Waals surface area contributed by atoms with Gasteiger partial charge in [0.2, 0.25) is 5.91 Å². The molecule has 0 unspecified atom stereocenters. The van der Waals surface area contributed by atoms with E-state index in [-0.39, 0.29) is 18.4 Å². The summed E-state index contributed by atoms with van der Waals surface area (Å²) >= 11 is 1.44. The van der Waals surface area contributed by atoms with E-state index in [1.54, 1.807) is 18.3 Å². The fraction of sp³-hybridized carbons (Fsp3) is 0.0952. The van der Waals surface area contributed by atoms with Crippen molar-refractivity contribution in [1.82, 2.24) is 4.98 Å². The molecule has 4 rings (SSSR count). The second kappa shape index (κ2) is 7.25. The van der Waals surface area contributed by atoms with Gasteiger partial charge in [-0.25, -0.2) is 4.98 Å². The minimum Gasteiger partial charge on any atom is -0.324 e. The zero-order chi connectivity index (χ0) is 18.8. The molecule has 5 nitrogen and oxygen atoms in total. The molecule has 1 aromatic heterocycles. The minimum absolute atomic E-state index is 0.0704. The number of para-hydroxylation sites is 2. The van der Waals surface area contributed by atoms with Crippen LogP contribution in [0.1, 0.15) is 15.9 Å². The maximum absolute atomic E-state index is 13.1. The largest absolute Gasteiger partial charge is 0.324 e. The summed E-state index contributed by atoms with van der Waals surface area (Å²) in [6.45, 7) is 1.86. The Morgan fingerprint density at radius 1 is 1.07 bits per heavy atom. The first-order chi connectivity index (χ1) is 13.1. The molecule has 2 heterocycles. The number of benzene rings is 2. The van der Waals surface area contributed by atoms with Crippen molar-refractivity contribution >= 4 is 35.0 Å². The van der Waals surface area contributed by atoms with E-state index in [1.165, 1.54) is 16.7 Å². The van der Waals surface area contributed by atoms with Gasteiger partial charge in [-0.3, -0.25) is 14.5 Å². The SMILES string of the molecule is Cc1ccccc1NC(=O)CN1C(=O)c2cccnc2Sc2ccccc21. The molecule has 3 aromatic rings. The van der Waals surface area contributed by atoms with Gasteiger partial charge in [-0.2, -0.15) is 0 Å². The molecular formula is C21H17N3O2S. The van der Waals surface area contributed by atoms with Crippen LogP contribution in [0, 0.1) is 6.92 Å². The number of pyridine rings is 1. The van der Waals surface area contributed by atoms with Crippen molar-refractivity contribution < 1.29 is 9.59 Å². The Bertz CT molecular complexity index is 1040. The Morgan fingerprint density at radius 2 is 1.85 bits per heavy atom. The zero-order valence-corrected chi connectivity index (χ0v) is 15.5. The van der Waals surface area contributed by atoms with Crippen molar-refractivity contribution in [3.63, 3.8) is 0 Å². The van der Waals surface area contributed by atoms with E-state index in [4.69, 9.17) is 0 Å². The average molecular weight is 375 g/mol. The molecule has 1 N–H and O–H groups in total. The van der Waals surface area contributed by atoms with Crippen molar-refractivity contribution in [2.75, 3.05) is 16.8 Å². The van der Waals surface area contributed by atoms with Crippen molar-refractivity contribution in [1.29, 1.82) is 0 Å². The Kier molecular flexibility index (Phi) is 4.64. The molecule has 1 aliphatic rings. The molecule has 27 heavy (non-hydrogen) atoms. The lowest BCUT2D eigenvalue weighted by Gasteiger charge is -2.22. The Morgan fingerprint density at radius 3 is 2.70 bits per heavy atom. The van der Waals surface area contributed by atoms with Gasteiger partial charge < -0.3 is 5.32 Å². The molecule has 0 saturated carbocycles. The van der Waals surface area contributed by atoms with Crippen LogP contribution < -0.4 is 10.2 Å². The predicted molar refractivity (Wildman–Crippen MR) is 106 cm³/mol. The number of hydrogen-bond donors (Lipinski definition) is 1. The van der Waals surface area contributed by atoms with Gasteiger partial charge in [0.05, 0.1) is 11.3 Å². The van der Waals surface area contributed by atoms with Gasteiger partial charge in [0.1, 0.15) is 11.6 Å².